The van der Waals surface area contributed by atoms with Gasteiger partial charge in [-0.1, -0.05) is 12.1 Å². The molecule has 2 aromatic rings. The van der Waals surface area contributed by atoms with Gasteiger partial charge in [0.2, 0.25) is 0 Å². The van der Waals surface area contributed by atoms with Crippen molar-refractivity contribution in [2.45, 2.75) is 24.3 Å². The van der Waals surface area contributed by atoms with Crippen LogP contribution in [0.15, 0.2) is 35.2 Å². The molecule has 122 valence electrons. The summed E-state index contributed by atoms with van der Waals surface area (Å²) in [5, 5.41) is 16.0. The Kier molecular flexibility index (Phi) is 5.44. The Hall–Kier alpha value is -2.28. The monoisotopic (exact) mass is 333 g/mol. The number of aryl methyl sites for hydroxylation is 2. The second-order valence-electron chi connectivity index (χ2n) is 5.19. The maximum absolute atomic E-state index is 12.3. The van der Waals surface area contributed by atoms with Gasteiger partial charge in [0.05, 0.1) is 12.5 Å². The SMILES string of the molecule is CSc1ccc(C(CC(=O)O)NC(=O)c2cc(C)n(C)n2)cc1. The second kappa shape index (κ2) is 7.32. The van der Waals surface area contributed by atoms with Crippen LogP contribution in [0.5, 0.6) is 0 Å². The summed E-state index contributed by atoms with van der Waals surface area (Å²) in [7, 11) is 1.75. The van der Waals surface area contributed by atoms with Crippen LogP contribution in [0.3, 0.4) is 0 Å². The molecule has 0 radical (unpaired) electrons. The third-order valence-corrected chi connectivity index (χ3v) is 4.29. The minimum atomic E-state index is -0.971. The van der Waals surface area contributed by atoms with E-state index in [1.165, 1.54) is 0 Å². The van der Waals surface area contributed by atoms with E-state index in [2.05, 4.69) is 10.4 Å². The third-order valence-electron chi connectivity index (χ3n) is 3.55. The van der Waals surface area contributed by atoms with Crippen molar-refractivity contribution in [3.05, 3.63) is 47.3 Å². The van der Waals surface area contributed by atoms with Gasteiger partial charge in [-0.05, 0) is 36.9 Å². The number of aliphatic carboxylic acids is 1. The Labute approximate surface area is 138 Å². The lowest BCUT2D eigenvalue weighted by Gasteiger charge is -2.17. The lowest BCUT2D eigenvalue weighted by molar-refractivity contribution is -0.137. The summed E-state index contributed by atoms with van der Waals surface area (Å²) in [6.07, 6.45) is 1.78. The highest BCUT2D eigenvalue weighted by molar-refractivity contribution is 7.98. The standard InChI is InChI=1S/C16H19N3O3S/c1-10-8-14(18-19(10)2)16(22)17-13(9-15(20)21)11-4-6-12(23-3)7-5-11/h4-8,13H,9H2,1-3H3,(H,17,22)(H,20,21). The van der Waals surface area contributed by atoms with Gasteiger partial charge in [0, 0.05) is 17.6 Å². The minimum absolute atomic E-state index is 0.184. The van der Waals surface area contributed by atoms with Crippen molar-refractivity contribution in [2.24, 2.45) is 7.05 Å². The fourth-order valence-corrected chi connectivity index (χ4v) is 2.58. The molecule has 1 aromatic carbocycles. The van der Waals surface area contributed by atoms with E-state index in [1.54, 1.807) is 29.6 Å². The highest BCUT2D eigenvalue weighted by Gasteiger charge is 2.20. The fraction of sp³-hybridized carbons (Fsp3) is 0.312. The Morgan fingerprint density at radius 3 is 2.48 bits per heavy atom. The Morgan fingerprint density at radius 2 is 2.00 bits per heavy atom. The van der Waals surface area contributed by atoms with E-state index in [9.17, 15) is 9.59 Å². The number of amides is 1. The average molecular weight is 333 g/mol. The molecule has 1 amide bonds. The molecule has 0 fully saturated rings. The first-order valence-corrected chi connectivity index (χ1v) is 8.30. The molecular formula is C16H19N3O3S. The van der Waals surface area contributed by atoms with Crippen molar-refractivity contribution in [1.29, 1.82) is 0 Å². The molecule has 1 atom stereocenters. The van der Waals surface area contributed by atoms with Crippen LogP contribution in [-0.2, 0) is 11.8 Å². The van der Waals surface area contributed by atoms with Crippen molar-refractivity contribution in [2.75, 3.05) is 6.26 Å². The van der Waals surface area contributed by atoms with Crippen molar-refractivity contribution >= 4 is 23.6 Å². The van der Waals surface area contributed by atoms with Crippen LogP contribution in [0.4, 0.5) is 0 Å². The first-order chi connectivity index (χ1) is 10.9. The Bertz CT molecular complexity index is 690. The summed E-state index contributed by atoms with van der Waals surface area (Å²) < 4.78 is 1.61. The largest absolute Gasteiger partial charge is 0.481 e. The number of benzene rings is 1. The molecular weight excluding hydrogens is 314 g/mol. The number of carboxylic acid groups (broad SMARTS) is 1. The number of hydrogen-bond acceptors (Lipinski definition) is 4. The van der Waals surface area contributed by atoms with Crippen LogP contribution in [0.1, 0.15) is 34.2 Å². The fourth-order valence-electron chi connectivity index (χ4n) is 2.17. The number of nitrogens with zero attached hydrogens (tertiary/aromatic N) is 2. The smallest absolute Gasteiger partial charge is 0.305 e. The van der Waals surface area contributed by atoms with Crippen molar-refractivity contribution in [3.63, 3.8) is 0 Å². The van der Waals surface area contributed by atoms with E-state index in [4.69, 9.17) is 5.11 Å². The summed E-state index contributed by atoms with van der Waals surface area (Å²) in [5.41, 5.74) is 1.89. The number of nitrogens with one attached hydrogen (secondary N) is 1. The molecule has 1 aromatic heterocycles. The van der Waals surface area contributed by atoms with Gasteiger partial charge in [-0.15, -0.1) is 11.8 Å². The van der Waals surface area contributed by atoms with E-state index in [0.29, 0.717) is 0 Å². The molecule has 1 heterocycles. The van der Waals surface area contributed by atoms with E-state index in [-0.39, 0.29) is 18.0 Å². The maximum Gasteiger partial charge on any atom is 0.305 e. The van der Waals surface area contributed by atoms with Gasteiger partial charge in [0.25, 0.3) is 5.91 Å². The summed E-state index contributed by atoms with van der Waals surface area (Å²) >= 11 is 1.60. The molecule has 7 heteroatoms. The number of hydrogen-bond donors (Lipinski definition) is 2. The second-order valence-corrected chi connectivity index (χ2v) is 6.07. The van der Waals surface area contributed by atoms with Gasteiger partial charge < -0.3 is 10.4 Å². The Balaban J connectivity index is 2.20. The predicted octanol–water partition coefficient (Wildman–Crippen LogP) is 2.40. The quantitative estimate of drug-likeness (QED) is 0.793. The molecule has 0 aliphatic heterocycles. The van der Waals surface area contributed by atoms with Crippen molar-refractivity contribution in [1.82, 2.24) is 15.1 Å². The lowest BCUT2D eigenvalue weighted by Crippen LogP contribution is -2.30. The number of aromatic nitrogens is 2. The molecule has 0 saturated carbocycles. The van der Waals surface area contributed by atoms with Crippen LogP contribution in [0, 0.1) is 6.92 Å². The molecule has 23 heavy (non-hydrogen) atoms. The molecule has 6 nitrogen and oxygen atoms in total. The normalized spacial score (nSPS) is 12.0. The van der Waals surface area contributed by atoms with Gasteiger partial charge in [-0.3, -0.25) is 14.3 Å². The van der Waals surface area contributed by atoms with Crippen LogP contribution in [0.2, 0.25) is 0 Å². The molecule has 0 bridgehead atoms. The topological polar surface area (TPSA) is 84.2 Å². The van der Waals surface area contributed by atoms with Gasteiger partial charge in [-0.25, -0.2) is 0 Å². The van der Waals surface area contributed by atoms with Crippen LogP contribution in [-0.4, -0.2) is 33.0 Å². The van der Waals surface area contributed by atoms with Crippen LogP contribution >= 0.6 is 11.8 Å². The van der Waals surface area contributed by atoms with Gasteiger partial charge in [0.15, 0.2) is 0 Å². The highest BCUT2D eigenvalue weighted by atomic mass is 32.2. The lowest BCUT2D eigenvalue weighted by atomic mass is 10.0. The van der Waals surface area contributed by atoms with E-state index >= 15 is 0 Å². The zero-order valence-corrected chi connectivity index (χ0v) is 14.1. The van der Waals surface area contributed by atoms with Crippen LogP contribution in [0.25, 0.3) is 0 Å². The first kappa shape index (κ1) is 17.1. The maximum atomic E-state index is 12.3. The summed E-state index contributed by atoms with van der Waals surface area (Å²) in [5.74, 6) is -1.35. The van der Waals surface area contributed by atoms with Gasteiger partial charge in [-0.2, -0.15) is 5.10 Å². The number of carboxylic acids is 1. The summed E-state index contributed by atoms with van der Waals surface area (Å²) in [6, 6.07) is 8.56. The third kappa shape index (κ3) is 4.35. The zero-order valence-electron chi connectivity index (χ0n) is 13.2. The van der Waals surface area contributed by atoms with Crippen LogP contribution < -0.4 is 5.32 Å². The number of thioether (sulfide) groups is 1. The molecule has 0 aliphatic carbocycles. The van der Waals surface area contributed by atoms with Crippen molar-refractivity contribution in [3.8, 4) is 0 Å². The molecule has 0 aliphatic rings. The zero-order chi connectivity index (χ0) is 17.0. The average Bonchev–Trinajstić information content (AvgIpc) is 2.86. The van der Waals surface area contributed by atoms with E-state index in [0.717, 1.165) is 16.2 Å². The minimum Gasteiger partial charge on any atom is -0.481 e. The summed E-state index contributed by atoms with van der Waals surface area (Å²) in [6.45, 7) is 1.85. The van der Waals surface area contributed by atoms with E-state index in [1.807, 2.05) is 37.4 Å². The number of carbonyl (C=O) groups excluding carboxylic acids is 1. The Morgan fingerprint density at radius 1 is 1.35 bits per heavy atom. The van der Waals surface area contributed by atoms with Crippen molar-refractivity contribution < 1.29 is 14.7 Å². The van der Waals surface area contributed by atoms with E-state index < -0.39 is 12.0 Å². The summed E-state index contributed by atoms with van der Waals surface area (Å²) in [4.78, 5) is 24.5. The molecule has 0 saturated heterocycles. The van der Waals surface area contributed by atoms with Gasteiger partial charge >= 0.3 is 5.97 Å². The molecule has 0 spiro atoms. The number of carbonyl (C=O) groups is 2. The predicted molar refractivity (Wildman–Crippen MR) is 88.6 cm³/mol. The molecule has 2 N–H and O–H groups in total. The van der Waals surface area contributed by atoms with Gasteiger partial charge in [0.1, 0.15) is 5.69 Å². The highest BCUT2D eigenvalue weighted by Crippen LogP contribution is 2.21. The molecule has 1 unspecified atom stereocenters. The number of rotatable bonds is 6. The molecule has 2 rings (SSSR count). The first-order valence-electron chi connectivity index (χ1n) is 7.08.